The van der Waals surface area contributed by atoms with Crippen LogP contribution in [0.5, 0.6) is 0 Å². The number of nitrogens with two attached hydrogens (primary N) is 1. The number of nitrogens with zero attached hydrogens (tertiary/aromatic N) is 4. The van der Waals surface area contributed by atoms with Gasteiger partial charge in [0, 0.05) is 0 Å². The predicted molar refractivity (Wildman–Crippen MR) is 55.6 cm³/mol. The van der Waals surface area contributed by atoms with Crippen LogP contribution < -0.4 is 10.8 Å². The Bertz CT molecular complexity index is 520. The van der Waals surface area contributed by atoms with Crippen molar-refractivity contribution in [3.63, 3.8) is 0 Å². The van der Waals surface area contributed by atoms with Gasteiger partial charge in [-0.15, -0.1) is 0 Å². The molecule has 1 aliphatic heterocycles. The molecule has 0 bridgehead atoms. The summed E-state index contributed by atoms with van der Waals surface area (Å²) >= 11 is 0. The van der Waals surface area contributed by atoms with E-state index in [9.17, 15) is 14.9 Å². The Morgan fingerprint density at radius 2 is 2.41 bits per heavy atom. The molecule has 0 unspecified atom stereocenters. The first-order valence-corrected chi connectivity index (χ1v) is 4.62. The molecule has 1 aromatic rings. The van der Waals surface area contributed by atoms with Gasteiger partial charge in [-0.3, -0.25) is 4.79 Å². The van der Waals surface area contributed by atoms with E-state index in [0.29, 0.717) is 0 Å². The Labute approximate surface area is 95.2 Å². The fourth-order valence-corrected chi connectivity index (χ4v) is 1.42. The lowest BCUT2D eigenvalue weighted by molar-refractivity contribution is -0.391. The molecule has 1 amide bonds. The highest BCUT2D eigenvalue weighted by atomic mass is 16.7. The van der Waals surface area contributed by atoms with Crippen LogP contribution >= 0.6 is 0 Å². The summed E-state index contributed by atoms with van der Waals surface area (Å²) in [4.78, 5) is 29.9. The molecule has 17 heavy (non-hydrogen) atoms. The topological polar surface area (TPSA) is 117 Å². The number of hydrogen-bond donors (Lipinski definition) is 1. The number of nitro groups is 1. The Hall–Kier alpha value is -2.58. The van der Waals surface area contributed by atoms with Gasteiger partial charge in [0.15, 0.2) is 0 Å². The van der Waals surface area contributed by atoms with E-state index in [2.05, 4.69) is 4.98 Å². The molecule has 2 N–H and O–H groups in total. The number of amides is 1. The van der Waals surface area contributed by atoms with Crippen molar-refractivity contribution < 1.29 is 14.6 Å². The molecule has 9 nitrogen and oxygen atoms in total. The number of aromatic nitrogens is 2. The van der Waals surface area contributed by atoms with E-state index in [4.69, 9.17) is 10.6 Å². The quantitative estimate of drug-likeness (QED) is 0.558. The maximum Gasteiger partial charge on any atom is 0.344 e. The minimum atomic E-state index is -0.698. The Morgan fingerprint density at radius 3 is 2.88 bits per heavy atom. The second kappa shape index (κ2) is 3.77. The van der Waals surface area contributed by atoms with Gasteiger partial charge >= 0.3 is 11.8 Å². The van der Waals surface area contributed by atoms with Crippen molar-refractivity contribution in [3.05, 3.63) is 28.1 Å². The van der Waals surface area contributed by atoms with Crippen LogP contribution in [0.3, 0.4) is 0 Å². The Kier molecular flexibility index (Phi) is 2.42. The molecule has 0 atom stereocenters. The lowest BCUT2D eigenvalue weighted by Gasteiger charge is -2.13. The monoisotopic (exact) mass is 239 g/mol. The fourth-order valence-electron chi connectivity index (χ4n) is 1.42. The van der Waals surface area contributed by atoms with Gasteiger partial charge in [-0.05, 0) is 11.0 Å². The molecule has 2 rings (SSSR count). The number of imidazole rings is 1. The van der Waals surface area contributed by atoms with Crippen molar-refractivity contribution in [2.75, 3.05) is 11.6 Å². The maximum absolute atomic E-state index is 10.8. The van der Waals surface area contributed by atoms with Crippen LogP contribution in [-0.4, -0.2) is 26.9 Å². The summed E-state index contributed by atoms with van der Waals surface area (Å²) in [6.45, 7) is 0.250. The van der Waals surface area contributed by atoms with Gasteiger partial charge in [0.1, 0.15) is 6.20 Å². The minimum Gasteiger partial charge on any atom is -0.369 e. The highest BCUT2D eigenvalue weighted by Crippen LogP contribution is 2.23. The summed E-state index contributed by atoms with van der Waals surface area (Å²) in [6.07, 6.45) is 2.59. The molecular formula is C8H9N5O4. The first kappa shape index (κ1) is 10.9. The second-order valence-corrected chi connectivity index (χ2v) is 3.32. The van der Waals surface area contributed by atoms with Gasteiger partial charge in [-0.2, -0.15) is 14.6 Å². The molecule has 0 saturated heterocycles. The number of hydroxylamine groups is 1. The number of primary amides is 1. The number of rotatable bonds is 3. The SMILES string of the molecule is Cn1c([N+](=O)[O-])cnc1N1CC=C(C(N)=O)O1. The van der Waals surface area contributed by atoms with Crippen LogP contribution in [0.15, 0.2) is 18.0 Å². The molecule has 0 spiro atoms. The number of carbonyl (C=O) groups is 1. The van der Waals surface area contributed by atoms with E-state index < -0.39 is 10.8 Å². The molecule has 9 heteroatoms. The smallest absolute Gasteiger partial charge is 0.344 e. The zero-order valence-electron chi connectivity index (χ0n) is 8.86. The number of hydrogen-bond acceptors (Lipinski definition) is 6. The maximum atomic E-state index is 10.8. The largest absolute Gasteiger partial charge is 0.369 e. The average Bonchev–Trinajstić information content (AvgIpc) is 2.82. The molecule has 0 aliphatic carbocycles. The summed E-state index contributed by atoms with van der Waals surface area (Å²) in [5.41, 5.74) is 5.04. The van der Waals surface area contributed by atoms with Crippen molar-refractivity contribution in [3.8, 4) is 0 Å². The van der Waals surface area contributed by atoms with Crippen LogP contribution in [0, 0.1) is 10.1 Å². The van der Waals surface area contributed by atoms with Crippen LogP contribution in [0.2, 0.25) is 0 Å². The van der Waals surface area contributed by atoms with Crippen LogP contribution in [0.1, 0.15) is 0 Å². The Balaban J connectivity index is 2.21. The second-order valence-electron chi connectivity index (χ2n) is 3.32. The van der Waals surface area contributed by atoms with Crippen LogP contribution in [-0.2, 0) is 16.7 Å². The van der Waals surface area contributed by atoms with E-state index in [-0.39, 0.29) is 24.1 Å². The normalized spacial score (nSPS) is 14.4. The predicted octanol–water partition coefficient (Wildman–Crippen LogP) is -0.551. The van der Waals surface area contributed by atoms with Crippen LogP contribution in [0.4, 0.5) is 11.8 Å². The van der Waals surface area contributed by atoms with Crippen molar-refractivity contribution in [1.82, 2.24) is 9.55 Å². The molecule has 0 aromatic carbocycles. The molecule has 90 valence electrons. The fraction of sp³-hybridized carbons (Fsp3) is 0.250. The average molecular weight is 239 g/mol. The highest BCUT2D eigenvalue weighted by molar-refractivity contribution is 5.90. The molecule has 2 heterocycles. The summed E-state index contributed by atoms with van der Waals surface area (Å²) in [5, 5.41) is 11.9. The summed E-state index contributed by atoms with van der Waals surface area (Å²) < 4.78 is 1.25. The van der Waals surface area contributed by atoms with Crippen molar-refractivity contribution in [2.45, 2.75) is 0 Å². The molecular weight excluding hydrogens is 230 g/mol. The van der Waals surface area contributed by atoms with Gasteiger partial charge in [-0.25, -0.2) is 0 Å². The first-order chi connectivity index (χ1) is 8.00. The van der Waals surface area contributed by atoms with Gasteiger partial charge in [0.25, 0.3) is 5.91 Å². The number of carbonyl (C=O) groups excluding carboxylic acids is 1. The zero-order chi connectivity index (χ0) is 12.6. The molecule has 0 radical (unpaired) electrons. The van der Waals surface area contributed by atoms with Gasteiger partial charge in [-0.1, -0.05) is 0 Å². The van der Waals surface area contributed by atoms with Gasteiger partial charge < -0.3 is 20.7 Å². The van der Waals surface area contributed by atoms with E-state index in [1.807, 2.05) is 0 Å². The third kappa shape index (κ3) is 1.77. The van der Waals surface area contributed by atoms with E-state index >= 15 is 0 Å². The lowest BCUT2D eigenvalue weighted by atomic mass is 10.4. The highest BCUT2D eigenvalue weighted by Gasteiger charge is 2.28. The summed E-state index contributed by atoms with van der Waals surface area (Å²) in [5.74, 6) is -0.646. The van der Waals surface area contributed by atoms with Crippen molar-refractivity contribution >= 4 is 17.7 Å². The molecule has 1 aliphatic rings. The third-order valence-corrected chi connectivity index (χ3v) is 2.24. The molecule has 0 fully saturated rings. The lowest BCUT2D eigenvalue weighted by Crippen LogP contribution is -2.24. The Morgan fingerprint density at radius 1 is 1.71 bits per heavy atom. The minimum absolute atomic E-state index is 0.00402. The summed E-state index contributed by atoms with van der Waals surface area (Å²) in [7, 11) is 1.48. The van der Waals surface area contributed by atoms with Crippen molar-refractivity contribution in [2.24, 2.45) is 12.8 Å². The van der Waals surface area contributed by atoms with E-state index in [1.165, 1.54) is 22.8 Å². The zero-order valence-corrected chi connectivity index (χ0v) is 8.86. The van der Waals surface area contributed by atoms with Crippen LogP contribution in [0.25, 0.3) is 0 Å². The molecule has 0 saturated carbocycles. The molecule has 1 aromatic heterocycles. The third-order valence-electron chi connectivity index (χ3n) is 2.24. The van der Waals surface area contributed by atoms with Gasteiger partial charge in [0.2, 0.25) is 5.76 Å². The van der Waals surface area contributed by atoms with Gasteiger partial charge in [0.05, 0.1) is 13.6 Å². The van der Waals surface area contributed by atoms with Crippen molar-refractivity contribution in [1.29, 1.82) is 0 Å². The summed E-state index contributed by atoms with van der Waals surface area (Å²) in [6, 6.07) is 0. The number of anilines is 1. The first-order valence-electron chi connectivity index (χ1n) is 4.62. The van der Waals surface area contributed by atoms with E-state index in [0.717, 1.165) is 6.20 Å². The standard InChI is InChI=1S/C8H9N5O4/c1-11-6(13(15)16)4-10-8(11)12-3-2-5(17-12)7(9)14/h2,4H,3H2,1H3,(H2,9,14). The van der Waals surface area contributed by atoms with E-state index in [1.54, 1.807) is 0 Å².